The van der Waals surface area contributed by atoms with Crippen LogP contribution >= 0.6 is 0 Å². The van der Waals surface area contributed by atoms with Crippen molar-refractivity contribution in [3.63, 3.8) is 0 Å². The van der Waals surface area contributed by atoms with Crippen LogP contribution in [0.25, 0.3) is 0 Å². The minimum absolute atomic E-state index is 0. The fourth-order valence-electron chi connectivity index (χ4n) is 0. The van der Waals surface area contributed by atoms with E-state index in [-0.39, 0.29) is 29.6 Å². The van der Waals surface area contributed by atoms with Gasteiger partial charge in [-0.3, -0.25) is 0 Å². The van der Waals surface area contributed by atoms with Crippen LogP contribution < -0.4 is 0 Å². The zero-order valence-electron chi connectivity index (χ0n) is 3.21. The summed E-state index contributed by atoms with van der Waals surface area (Å²) < 4.78 is 0. The molecule has 0 spiro atoms. The van der Waals surface area contributed by atoms with E-state index in [0.29, 0.717) is 0 Å². The Bertz CT molecular complexity index is 26.6. The number of hydrogen-bond acceptors (Lipinski definition) is 0. The van der Waals surface area contributed by atoms with E-state index in [0.717, 1.165) is 0 Å². The average Bonchev–Trinajstić information content (AvgIpc) is 0.811. The van der Waals surface area contributed by atoms with Crippen molar-refractivity contribution in [3.8, 4) is 0 Å². The molecule has 0 rings (SSSR count). The Balaban J connectivity index is 0. The first-order valence-electron chi connectivity index (χ1n) is 1.35. The quantitative estimate of drug-likeness (QED) is 0.300. The molecule has 26 valence electrons. The Morgan fingerprint density at radius 3 is 1.40 bits per heavy atom. The Kier molecular flexibility index (Phi) is 8.74. The zero-order valence-corrected chi connectivity index (χ0v) is 3.21. The molecule has 0 unspecified atom stereocenters. The second-order valence-corrected chi connectivity index (χ2v) is 1.21. The molecule has 0 fully saturated rings. The summed E-state index contributed by atoms with van der Waals surface area (Å²) in [4.78, 5) is 0. The average molecular weight is 80.1 g/mol. The summed E-state index contributed by atoms with van der Waals surface area (Å²) in [5.74, 6) is 0. The predicted octanol–water partition coefficient (Wildman–Crippen LogP) is 0.934. The van der Waals surface area contributed by atoms with E-state index in [2.05, 4.69) is 6.58 Å². The third-order valence-electron chi connectivity index (χ3n) is 0. The van der Waals surface area contributed by atoms with Gasteiger partial charge in [0.2, 0.25) is 0 Å². The zero-order chi connectivity index (χ0) is 3.58. The summed E-state index contributed by atoms with van der Waals surface area (Å²) in [6.07, 6.45) is 0. The van der Waals surface area contributed by atoms with Crippen LogP contribution in [0, 0.1) is 0 Å². The standard InChI is InChI=1S/C4H8.Na.H/c1-4(2)3;;/h1H2,2-3H3;;. The Hall–Kier alpha value is 0.740. The van der Waals surface area contributed by atoms with Gasteiger partial charge in [-0.2, -0.15) is 0 Å². The van der Waals surface area contributed by atoms with Crippen LogP contribution in [0.1, 0.15) is 13.8 Å². The van der Waals surface area contributed by atoms with Crippen molar-refractivity contribution in [2.45, 2.75) is 13.8 Å². The van der Waals surface area contributed by atoms with Gasteiger partial charge in [-0.15, -0.1) is 6.58 Å². The normalized spacial score (nSPS) is 5.20. The van der Waals surface area contributed by atoms with Gasteiger partial charge in [0.25, 0.3) is 0 Å². The molecule has 0 N–H and O–H groups in total. The molecular weight excluding hydrogens is 71.0 g/mol. The topological polar surface area (TPSA) is 0 Å². The molecule has 0 heterocycles. The van der Waals surface area contributed by atoms with E-state index in [9.17, 15) is 0 Å². The van der Waals surface area contributed by atoms with Crippen molar-refractivity contribution in [1.82, 2.24) is 0 Å². The van der Waals surface area contributed by atoms with Crippen LogP contribution in [0.4, 0.5) is 0 Å². The van der Waals surface area contributed by atoms with E-state index in [1.165, 1.54) is 5.57 Å². The maximum absolute atomic E-state index is 3.56. The van der Waals surface area contributed by atoms with Crippen LogP contribution in [0.2, 0.25) is 0 Å². The molecule has 1 heteroatoms. The second kappa shape index (κ2) is 4.74. The Morgan fingerprint density at radius 1 is 1.40 bits per heavy atom. The maximum atomic E-state index is 3.56. The van der Waals surface area contributed by atoms with Gasteiger partial charge < -0.3 is 0 Å². The third-order valence-corrected chi connectivity index (χ3v) is 0. The summed E-state index contributed by atoms with van der Waals surface area (Å²) in [5, 5.41) is 0. The van der Waals surface area contributed by atoms with E-state index < -0.39 is 0 Å². The van der Waals surface area contributed by atoms with Gasteiger partial charge in [-0.25, -0.2) is 0 Å². The van der Waals surface area contributed by atoms with Crippen LogP contribution in [-0.2, 0) is 0 Å². The molecule has 0 saturated heterocycles. The number of rotatable bonds is 0. The summed E-state index contributed by atoms with van der Waals surface area (Å²) in [6.45, 7) is 7.50. The van der Waals surface area contributed by atoms with Crippen LogP contribution in [0.3, 0.4) is 0 Å². The SMILES string of the molecule is C=C(C)C.[NaH]. The monoisotopic (exact) mass is 80.1 g/mol. The van der Waals surface area contributed by atoms with Crippen molar-refractivity contribution in [2.75, 3.05) is 0 Å². The molecule has 0 amide bonds. The summed E-state index contributed by atoms with van der Waals surface area (Å²) in [6, 6.07) is 0. The van der Waals surface area contributed by atoms with Gasteiger partial charge in [-0.1, -0.05) is 5.57 Å². The molecule has 0 aromatic carbocycles. The number of allylic oxidation sites excluding steroid dienone is 1. The molecule has 5 heavy (non-hydrogen) atoms. The van der Waals surface area contributed by atoms with Gasteiger partial charge in [0.1, 0.15) is 0 Å². The Labute approximate surface area is 55.6 Å². The van der Waals surface area contributed by atoms with Gasteiger partial charge in [0, 0.05) is 0 Å². The molecule has 0 aliphatic heterocycles. The predicted molar refractivity (Wildman–Crippen MR) is 27.6 cm³/mol. The molecule has 0 radical (unpaired) electrons. The van der Waals surface area contributed by atoms with Crippen molar-refractivity contribution >= 4 is 29.6 Å². The molecular formula is C4H9Na. The second-order valence-electron chi connectivity index (χ2n) is 1.21. The molecule has 0 aliphatic rings. The minimum atomic E-state index is 0. The molecule has 0 nitrogen and oxygen atoms in total. The van der Waals surface area contributed by atoms with Crippen LogP contribution in [0.5, 0.6) is 0 Å². The third kappa shape index (κ3) is 65.0. The molecule has 0 atom stereocenters. The first-order chi connectivity index (χ1) is 1.73. The van der Waals surface area contributed by atoms with Gasteiger partial charge in [0.15, 0.2) is 0 Å². The fourth-order valence-corrected chi connectivity index (χ4v) is 0. The van der Waals surface area contributed by atoms with E-state index in [1.807, 2.05) is 13.8 Å². The molecule has 0 aromatic heterocycles. The van der Waals surface area contributed by atoms with Crippen molar-refractivity contribution in [1.29, 1.82) is 0 Å². The van der Waals surface area contributed by atoms with Gasteiger partial charge in [-0.05, 0) is 13.8 Å². The Morgan fingerprint density at radius 2 is 1.40 bits per heavy atom. The van der Waals surface area contributed by atoms with Crippen molar-refractivity contribution < 1.29 is 0 Å². The first kappa shape index (κ1) is 9.22. The van der Waals surface area contributed by atoms with E-state index in [1.54, 1.807) is 0 Å². The van der Waals surface area contributed by atoms with Gasteiger partial charge >= 0.3 is 29.6 Å². The van der Waals surface area contributed by atoms with E-state index in [4.69, 9.17) is 0 Å². The summed E-state index contributed by atoms with van der Waals surface area (Å²) in [7, 11) is 0. The number of hydrogen-bond donors (Lipinski definition) is 0. The molecule has 0 bridgehead atoms. The van der Waals surface area contributed by atoms with Crippen molar-refractivity contribution in [3.05, 3.63) is 12.2 Å². The van der Waals surface area contributed by atoms with Crippen molar-refractivity contribution in [2.24, 2.45) is 0 Å². The van der Waals surface area contributed by atoms with Crippen LogP contribution in [-0.4, -0.2) is 29.6 Å². The molecule has 0 aliphatic carbocycles. The molecule has 0 saturated carbocycles. The molecule has 0 aromatic rings. The summed E-state index contributed by atoms with van der Waals surface area (Å²) >= 11 is 0. The van der Waals surface area contributed by atoms with Gasteiger partial charge in [0.05, 0.1) is 0 Å². The van der Waals surface area contributed by atoms with E-state index >= 15 is 0 Å². The first-order valence-corrected chi connectivity index (χ1v) is 1.35. The fraction of sp³-hybridized carbons (Fsp3) is 0.500. The van der Waals surface area contributed by atoms with Crippen LogP contribution in [0.15, 0.2) is 12.2 Å². The summed E-state index contributed by atoms with van der Waals surface area (Å²) in [5.41, 5.74) is 1.17.